The van der Waals surface area contributed by atoms with Gasteiger partial charge in [0.1, 0.15) is 0 Å². The molecule has 1 aliphatic rings. The van der Waals surface area contributed by atoms with Crippen molar-refractivity contribution in [1.82, 2.24) is 20.5 Å². The van der Waals surface area contributed by atoms with Crippen molar-refractivity contribution in [2.45, 2.75) is 44.3 Å². The summed E-state index contributed by atoms with van der Waals surface area (Å²) in [5, 5.41) is 10.8. The maximum absolute atomic E-state index is 5.62. The zero-order valence-corrected chi connectivity index (χ0v) is 13.1. The second kappa shape index (κ2) is 7.85. The molecule has 114 valence electrons. The van der Waals surface area contributed by atoms with E-state index in [-0.39, 0.29) is 0 Å². The Hall–Kier alpha value is -0.790. The second-order valence-electron chi connectivity index (χ2n) is 5.48. The first-order valence-corrected chi connectivity index (χ1v) is 8.27. The topological polar surface area (TPSA) is 88.8 Å². The van der Waals surface area contributed by atoms with Gasteiger partial charge in [-0.25, -0.2) is 5.10 Å². The van der Waals surface area contributed by atoms with Gasteiger partial charge in [0.15, 0.2) is 0 Å². The molecule has 3 atom stereocenters. The Morgan fingerprint density at radius 3 is 3.05 bits per heavy atom. The monoisotopic (exact) mass is 299 g/mol. The number of anilines is 1. The van der Waals surface area contributed by atoms with Gasteiger partial charge in [-0.05, 0) is 18.3 Å². The molecule has 0 saturated heterocycles. The quantitative estimate of drug-likeness (QED) is 0.404. The first-order valence-electron chi connectivity index (χ1n) is 7.28. The standard InChI is InChI=1S/C13H25N5OS/c1-9-4-3-5-11(10(9)2)15-8-19-6-7-20-13-16-12(14)17-18-13/h9-11,15H,3-8H2,1-2H3,(H3,14,16,17,18). The van der Waals surface area contributed by atoms with E-state index in [0.717, 1.165) is 17.6 Å². The summed E-state index contributed by atoms with van der Waals surface area (Å²) in [4.78, 5) is 4.02. The van der Waals surface area contributed by atoms with Crippen molar-refractivity contribution < 1.29 is 4.74 Å². The van der Waals surface area contributed by atoms with E-state index in [0.29, 0.717) is 30.5 Å². The predicted molar refractivity (Wildman–Crippen MR) is 81.4 cm³/mol. The number of nitrogens with one attached hydrogen (secondary N) is 2. The molecule has 1 fully saturated rings. The summed E-state index contributed by atoms with van der Waals surface area (Å²) >= 11 is 1.54. The van der Waals surface area contributed by atoms with Gasteiger partial charge >= 0.3 is 0 Å². The van der Waals surface area contributed by atoms with E-state index >= 15 is 0 Å². The van der Waals surface area contributed by atoms with Crippen LogP contribution in [0.15, 0.2) is 5.16 Å². The van der Waals surface area contributed by atoms with E-state index in [1.807, 2.05) is 0 Å². The highest BCUT2D eigenvalue weighted by molar-refractivity contribution is 7.99. The third-order valence-electron chi connectivity index (χ3n) is 4.10. The fraction of sp³-hybridized carbons (Fsp3) is 0.846. The Kier molecular flexibility index (Phi) is 6.12. The molecule has 1 aromatic rings. The van der Waals surface area contributed by atoms with Crippen LogP contribution in [0.25, 0.3) is 0 Å². The van der Waals surface area contributed by atoms with Crippen LogP contribution >= 0.6 is 11.8 Å². The fourth-order valence-electron chi connectivity index (χ4n) is 2.62. The molecule has 20 heavy (non-hydrogen) atoms. The maximum Gasteiger partial charge on any atom is 0.216 e. The number of hydrogen-bond acceptors (Lipinski definition) is 6. The third-order valence-corrected chi connectivity index (χ3v) is 4.91. The number of rotatable bonds is 7. The number of nitrogens with two attached hydrogens (primary N) is 1. The summed E-state index contributed by atoms with van der Waals surface area (Å²) in [5.74, 6) is 2.73. The molecule has 1 saturated carbocycles. The highest BCUT2D eigenvalue weighted by atomic mass is 32.2. The number of thioether (sulfide) groups is 1. The zero-order chi connectivity index (χ0) is 14.4. The highest BCUT2D eigenvalue weighted by Crippen LogP contribution is 2.29. The van der Waals surface area contributed by atoms with Gasteiger partial charge in [0.2, 0.25) is 11.1 Å². The molecular formula is C13H25N5OS. The van der Waals surface area contributed by atoms with E-state index in [4.69, 9.17) is 10.5 Å². The second-order valence-corrected chi connectivity index (χ2v) is 6.54. The minimum Gasteiger partial charge on any atom is -0.368 e. The first kappa shape index (κ1) is 15.6. The third kappa shape index (κ3) is 4.64. The van der Waals surface area contributed by atoms with Gasteiger partial charge in [-0.2, -0.15) is 4.98 Å². The van der Waals surface area contributed by atoms with Crippen LogP contribution in [0.2, 0.25) is 0 Å². The minimum atomic E-state index is 0.357. The van der Waals surface area contributed by atoms with Gasteiger partial charge in [0.05, 0.1) is 13.3 Å². The summed E-state index contributed by atoms with van der Waals surface area (Å²) < 4.78 is 5.62. The van der Waals surface area contributed by atoms with Gasteiger partial charge in [0.25, 0.3) is 0 Å². The highest BCUT2D eigenvalue weighted by Gasteiger charge is 2.26. The summed E-state index contributed by atoms with van der Waals surface area (Å²) in [7, 11) is 0. The lowest BCUT2D eigenvalue weighted by Crippen LogP contribution is -2.41. The molecule has 0 amide bonds. The molecule has 0 aromatic carbocycles. The molecule has 0 bridgehead atoms. The molecule has 1 aliphatic carbocycles. The number of aromatic nitrogens is 3. The number of hydrogen-bond donors (Lipinski definition) is 3. The molecule has 0 radical (unpaired) electrons. The van der Waals surface area contributed by atoms with E-state index in [9.17, 15) is 0 Å². The van der Waals surface area contributed by atoms with Crippen LogP contribution in [0, 0.1) is 11.8 Å². The Morgan fingerprint density at radius 2 is 2.30 bits per heavy atom. The number of ether oxygens (including phenoxy) is 1. The van der Waals surface area contributed by atoms with Gasteiger partial charge in [-0.1, -0.05) is 38.5 Å². The minimum absolute atomic E-state index is 0.357. The van der Waals surface area contributed by atoms with Crippen molar-refractivity contribution in [1.29, 1.82) is 0 Å². The van der Waals surface area contributed by atoms with Crippen LogP contribution in [0.4, 0.5) is 5.95 Å². The Labute approximate surface area is 124 Å². The van der Waals surface area contributed by atoms with Crippen molar-refractivity contribution in [3.8, 4) is 0 Å². The van der Waals surface area contributed by atoms with Crippen molar-refractivity contribution in [3.05, 3.63) is 0 Å². The molecule has 0 spiro atoms. The van der Waals surface area contributed by atoms with Gasteiger partial charge in [-0.3, -0.25) is 5.32 Å². The SMILES string of the molecule is CC1CCCC(NCOCCSc2n[nH]c(N)n2)C1C. The zero-order valence-electron chi connectivity index (χ0n) is 12.3. The molecule has 0 aliphatic heterocycles. The van der Waals surface area contributed by atoms with Crippen molar-refractivity contribution in [2.24, 2.45) is 11.8 Å². The van der Waals surface area contributed by atoms with Crippen molar-refractivity contribution in [3.63, 3.8) is 0 Å². The number of H-pyrrole nitrogens is 1. The summed E-state index contributed by atoms with van der Waals surface area (Å²) in [5.41, 5.74) is 5.45. The number of aromatic amines is 1. The molecule has 3 unspecified atom stereocenters. The van der Waals surface area contributed by atoms with Crippen LogP contribution in [0.1, 0.15) is 33.1 Å². The molecular weight excluding hydrogens is 274 g/mol. The Bertz CT molecular complexity index is 400. The average molecular weight is 299 g/mol. The lowest BCUT2D eigenvalue weighted by molar-refractivity contribution is 0.0958. The molecule has 7 heteroatoms. The molecule has 6 nitrogen and oxygen atoms in total. The van der Waals surface area contributed by atoms with Gasteiger partial charge in [0, 0.05) is 11.8 Å². The van der Waals surface area contributed by atoms with Crippen molar-refractivity contribution in [2.75, 3.05) is 24.8 Å². The molecule has 1 aromatic heterocycles. The summed E-state index contributed by atoms with van der Waals surface area (Å²) in [6.07, 6.45) is 3.95. The average Bonchev–Trinajstić information content (AvgIpc) is 2.84. The summed E-state index contributed by atoms with van der Waals surface area (Å²) in [6.45, 7) is 5.99. The maximum atomic E-state index is 5.62. The molecule has 4 N–H and O–H groups in total. The molecule has 2 rings (SSSR count). The van der Waals surface area contributed by atoms with Gasteiger partial charge < -0.3 is 10.5 Å². The van der Waals surface area contributed by atoms with Crippen molar-refractivity contribution >= 4 is 17.7 Å². The van der Waals surface area contributed by atoms with E-state index in [1.54, 1.807) is 11.8 Å². The number of nitrogen functional groups attached to an aromatic ring is 1. The van der Waals surface area contributed by atoms with E-state index < -0.39 is 0 Å². The Balaban J connectivity index is 1.53. The number of nitrogens with zero attached hydrogens (tertiary/aromatic N) is 2. The normalized spacial score (nSPS) is 26.8. The lowest BCUT2D eigenvalue weighted by atomic mass is 9.78. The molecule has 1 heterocycles. The van der Waals surface area contributed by atoms with E-state index in [1.165, 1.54) is 19.3 Å². The van der Waals surface area contributed by atoms with Crippen LogP contribution in [-0.4, -0.2) is 40.3 Å². The van der Waals surface area contributed by atoms with Crippen LogP contribution in [0.5, 0.6) is 0 Å². The first-order chi connectivity index (χ1) is 9.66. The van der Waals surface area contributed by atoms with Gasteiger partial charge in [-0.15, -0.1) is 5.10 Å². The predicted octanol–water partition coefficient (Wildman–Crippen LogP) is 1.87. The van der Waals surface area contributed by atoms with Crippen LogP contribution in [-0.2, 0) is 4.74 Å². The van der Waals surface area contributed by atoms with E-state index in [2.05, 4.69) is 34.3 Å². The summed E-state index contributed by atoms with van der Waals surface area (Å²) in [6, 6.07) is 0.596. The smallest absolute Gasteiger partial charge is 0.216 e. The lowest BCUT2D eigenvalue weighted by Gasteiger charge is -2.34. The van der Waals surface area contributed by atoms with Crippen LogP contribution < -0.4 is 11.1 Å². The fourth-order valence-corrected chi connectivity index (χ4v) is 3.28. The van der Waals surface area contributed by atoms with Crippen LogP contribution in [0.3, 0.4) is 0 Å². The Morgan fingerprint density at radius 1 is 1.45 bits per heavy atom. The largest absolute Gasteiger partial charge is 0.368 e.